The van der Waals surface area contributed by atoms with Crippen LogP contribution < -0.4 is 0 Å². The molecular formula is C4H13Cl3Sb. The summed E-state index contributed by atoms with van der Waals surface area (Å²) in [5.74, 6) is 0. The van der Waals surface area contributed by atoms with Gasteiger partial charge < -0.3 is 0 Å². The fourth-order valence-corrected chi connectivity index (χ4v) is 1.50. The largest absolute Gasteiger partial charge is 0.147 e. The molecule has 8 heavy (non-hydrogen) atoms. The van der Waals surface area contributed by atoms with Crippen LogP contribution in [-0.2, 0) is 0 Å². The molecule has 0 N–H and O–H groups in total. The van der Waals surface area contributed by atoms with E-state index in [4.69, 9.17) is 0 Å². The quantitative estimate of drug-likeness (QED) is 0.686. The molecule has 0 bridgehead atoms. The molecule has 0 unspecified atom stereocenters. The van der Waals surface area contributed by atoms with Crippen LogP contribution in [0.5, 0.6) is 0 Å². The van der Waals surface area contributed by atoms with Gasteiger partial charge in [-0.2, -0.15) is 0 Å². The fourth-order valence-electron chi connectivity index (χ4n) is 0.224. The maximum absolute atomic E-state index is 2.28. The average Bonchev–Trinajstić information content (AvgIpc) is 1.41. The zero-order valence-electron chi connectivity index (χ0n) is 5.09. The van der Waals surface area contributed by atoms with Gasteiger partial charge in [-0.05, 0) is 0 Å². The molecule has 0 aliphatic carbocycles. The fraction of sp³-hybridized carbons (Fsp3) is 1.00. The Labute approximate surface area is 80.9 Å². The van der Waals surface area contributed by atoms with E-state index in [1.54, 1.807) is 0 Å². The Morgan fingerprint density at radius 1 is 0.875 bits per heavy atom. The Hall–Kier alpha value is 1.69. The van der Waals surface area contributed by atoms with E-state index in [9.17, 15) is 0 Å². The summed E-state index contributed by atoms with van der Waals surface area (Å²) in [6.45, 7) is 4.56. The van der Waals surface area contributed by atoms with Gasteiger partial charge in [0.1, 0.15) is 0 Å². The summed E-state index contributed by atoms with van der Waals surface area (Å²) in [5.41, 5.74) is 0. The first kappa shape index (κ1) is 22.6. The summed E-state index contributed by atoms with van der Waals surface area (Å²) in [4.78, 5) is 0. The Bertz CT molecular complexity index is 18.8. The summed E-state index contributed by atoms with van der Waals surface area (Å²) in [6, 6.07) is 0. The van der Waals surface area contributed by atoms with Gasteiger partial charge in [-0.1, -0.05) is 0 Å². The predicted octanol–water partition coefficient (Wildman–Crippen LogP) is 2.83. The SMILES string of the molecule is C[CH2][Sb][CH2]C.Cl.Cl.Cl. The maximum Gasteiger partial charge on any atom is -0.147 e. The third kappa shape index (κ3) is 25.3. The Kier molecular flexibility index (Phi) is 66.0. The smallest absolute Gasteiger partial charge is 0.147 e. The van der Waals surface area contributed by atoms with Crippen molar-refractivity contribution < 1.29 is 0 Å². The summed E-state index contributed by atoms with van der Waals surface area (Å²) >= 11 is 0.356. The molecule has 55 valence electrons. The van der Waals surface area contributed by atoms with Crippen molar-refractivity contribution in [3.05, 3.63) is 0 Å². The maximum atomic E-state index is 2.28. The van der Waals surface area contributed by atoms with Crippen LogP contribution in [0, 0.1) is 0 Å². The molecule has 0 aliphatic rings. The number of halogens is 3. The van der Waals surface area contributed by atoms with E-state index in [1.165, 1.54) is 8.73 Å². The summed E-state index contributed by atoms with van der Waals surface area (Å²) in [7, 11) is 0. The van der Waals surface area contributed by atoms with Crippen molar-refractivity contribution in [3.63, 3.8) is 0 Å². The molecule has 1 radical (unpaired) electrons. The minimum absolute atomic E-state index is 0. The molecule has 0 fully saturated rings. The van der Waals surface area contributed by atoms with Gasteiger partial charge in [0.25, 0.3) is 0 Å². The Morgan fingerprint density at radius 3 is 1.12 bits per heavy atom. The summed E-state index contributed by atoms with van der Waals surface area (Å²) < 4.78 is 2.99. The van der Waals surface area contributed by atoms with Gasteiger partial charge in [0.15, 0.2) is 0 Å². The summed E-state index contributed by atoms with van der Waals surface area (Å²) in [6.07, 6.45) is 0. The van der Waals surface area contributed by atoms with Crippen LogP contribution in [0.15, 0.2) is 0 Å². The van der Waals surface area contributed by atoms with Crippen molar-refractivity contribution in [1.29, 1.82) is 0 Å². The minimum Gasteiger partial charge on any atom is -0.147 e. The van der Waals surface area contributed by atoms with E-state index in [1.807, 2.05) is 0 Å². The molecule has 0 atom stereocenters. The average molecular weight is 289 g/mol. The van der Waals surface area contributed by atoms with Crippen molar-refractivity contribution in [1.82, 2.24) is 0 Å². The third-order valence-corrected chi connectivity index (χ3v) is 3.00. The molecule has 0 rings (SSSR count). The second-order valence-electron chi connectivity index (χ2n) is 0.856. The van der Waals surface area contributed by atoms with E-state index < -0.39 is 0 Å². The van der Waals surface area contributed by atoms with Crippen LogP contribution in [-0.4, -0.2) is 21.6 Å². The first-order chi connectivity index (χ1) is 2.41. The van der Waals surface area contributed by atoms with Gasteiger partial charge in [-0.3, -0.25) is 0 Å². The predicted molar refractivity (Wildman–Crippen MR) is 48.5 cm³/mol. The number of rotatable bonds is 2. The molecule has 4 heteroatoms. The zero-order valence-corrected chi connectivity index (χ0v) is 10.1. The monoisotopic (exact) mass is 287 g/mol. The zero-order chi connectivity index (χ0) is 4.12. The molecule has 0 aromatic carbocycles. The van der Waals surface area contributed by atoms with Crippen LogP contribution >= 0.6 is 37.2 Å². The van der Waals surface area contributed by atoms with Gasteiger partial charge >= 0.3 is 44.2 Å². The molecule has 0 heterocycles. The Morgan fingerprint density at radius 2 is 1.12 bits per heavy atom. The van der Waals surface area contributed by atoms with Crippen molar-refractivity contribution in [2.75, 3.05) is 0 Å². The van der Waals surface area contributed by atoms with Crippen LogP contribution in [0.3, 0.4) is 0 Å². The van der Waals surface area contributed by atoms with Crippen molar-refractivity contribution >= 4 is 58.8 Å². The van der Waals surface area contributed by atoms with Crippen LogP contribution in [0.2, 0.25) is 8.73 Å². The Balaban J connectivity index is -0.0000000267. The number of hydrogen-bond donors (Lipinski definition) is 0. The molecule has 0 saturated heterocycles. The van der Waals surface area contributed by atoms with Crippen LogP contribution in [0.1, 0.15) is 13.8 Å². The van der Waals surface area contributed by atoms with Crippen LogP contribution in [0.4, 0.5) is 0 Å². The van der Waals surface area contributed by atoms with Gasteiger partial charge in [0, 0.05) is 0 Å². The normalized spacial score (nSPS) is 5.25. The van der Waals surface area contributed by atoms with Gasteiger partial charge in [0.05, 0.1) is 0 Å². The molecule has 0 amide bonds. The van der Waals surface area contributed by atoms with E-state index in [0.29, 0.717) is 21.6 Å². The minimum atomic E-state index is 0. The first-order valence-corrected chi connectivity index (χ1v) is 5.66. The number of hydrogen-bond acceptors (Lipinski definition) is 0. The second kappa shape index (κ2) is 23.4. The van der Waals surface area contributed by atoms with E-state index >= 15 is 0 Å². The topological polar surface area (TPSA) is 0 Å². The summed E-state index contributed by atoms with van der Waals surface area (Å²) in [5, 5.41) is 0. The van der Waals surface area contributed by atoms with Gasteiger partial charge in [-0.25, -0.2) is 0 Å². The molecule has 0 saturated carbocycles. The van der Waals surface area contributed by atoms with Crippen LogP contribution in [0.25, 0.3) is 0 Å². The molecule has 0 nitrogen and oxygen atoms in total. The van der Waals surface area contributed by atoms with Crippen molar-refractivity contribution in [2.24, 2.45) is 0 Å². The molecule has 0 spiro atoms. The van der Waals surface area contributed by atoms with E-state index in [0.717, 1.165) is 0 Å². The molecule has 0 aromatic rings. The third-order valence-electron chi connectivity index (χ3n) is 0.447. The van der Waals surface area contributed by atoms with Crippen molar-refractivity contribution in [2.45, 2.75) is 22.6 Å². The van der Waals surface area contributed by atoms with E-state index in [-0.39, 0.29) is 37.2 Å². The first-order valence-electron chi connectivity index (χ1n) is 2.05. The second-order valence-corrected chi connectivity index (χ2v) is 5.74. The van der Waals surface area contributed by atoms with Gasteiger partial charge in [0.2, 0.25) is 0 Å². The molecular weight excluding hydrogens is 276 g/mol. The van der Waals surface area contributed by atoms with E-state index in [2.05, 4.69) is 13.8 Å². The van der Waals surface area contributed by atoms with Crippen molar-refractivity contribution in [3.8, 4) is 0 Å². The molecule has 0 aliphatic heterocycles. The molecule has 0 aromatic heterocycles. The van der Waals surface area contributed by atoms with Gasteiger partial charge in [-0.15, -0.1) is 37.2 Å². The standard InChI is InChI=1S/2C2H5.3ClH.Sb/c2*1-2;;;;/h2*1H2,2H3;3*1H;.